The first kappa shape index (κ1) is 15.3. The standard InChI is InChI=1S/C17H15N3O2S/c21-23(22,20-13-14-5-9-18-10-6-14)17-3-1-15(2-4-17)16-7-11-19-12-8-16/h1-12,20H,13H2. The minimum atomic E-state index is -3.54. The number of pyridine rings is 2. The van der Waals surface area contributed by atoms with Gasteiger partial charge in [-0.3, -0.25) is 9.97 Å². The van der Waals surface area contributed by atoms with Gasteiger partial charge in [0.05, 0.1) is 4.90 Å². The van der Waals surface area contributed by atoms with Crippen molar-refractivity contribution in [3.63, 3.8) is 0 Å². The van der Waals surface area contributed by atoms with Crippen LogP contribution in [-0.2, 0) is 16.6 Å². The maximum Gasteiger partial charge on any atom is 0.240 e. The number of hydrogen-bond donors (Lipinski definition) is 1. The van der Waals surface area contributed by atoms with Crippen molar-refractivity contribution in [1.29, 1.82) is 0 Å². The first-order chi connectivity index (χ1) is 11.1. The van der Waals surface area contributed by atoms with Gasteiger partial charge in [-0.15, -0.1) is 0 Å². The Morgan fingerprint density at radius 2 is 1.26 bits per heavy atom. The number of sulfonamides is 1. The zero-order valence-electron chi connectivity index (χ0n) is 12.3. The van der Waals surface area contributed by atoms with Gasteiger partial charge in [-0.2, -0.15) is 0 Å². The molecule has 0 spiro atoms. The summed E-state index contributed by atoms with van der Waals surface area (Å²) in [5.41, 5.74) is 2.80. The quantitative estimate of drug-likeness (QED) is 0.783. The van der Waals surface area contributed by atoms with E-state index in [1.807, 2.05) is 12.1 Å². The third-order valence-electron chi connectivity index (χ3n) is 3.39. The molecule has 0 aliphatic carbocycles. The van der Waals surface area contributed by atoms with Gasteiger partial charge in [0, 0.05) is 31.3 Å². The minimum absolute atomic E-state index is 0.233. The van der Waals surface area contributed by atoms with Crippen molar-refractivity contribution < 1.29 is 8.42 Å². The van der Waals surface area contributed by atoms with Crippen LogP contribution in [0.1, 0.15) is 5.56 Å². The molecule has 0 fully saturated rings. The molecule has 0 aliphatic rings. The van der Waals surface area contributed by atoms with Gasteiger partial charge < -0.3 is 0 Å². The molecular formula is C17H15N3O2S. The van der Waals surface area contributed by atoms with Crippen molar-refractivity contribution >= 4 is 10.0 Å². The Bertz CT molecular complexity index is 865. The summed E-state index contributed by atoms with van der Waals surface area (Å²) >= 11 is 0. The molecule has 2 aromatic heterocycles. The van der Waals surface area contributed by atoms with E-state index in [0.29, 0.717) is 0 Å². The zero-order chi connectivity index (χ0) is 16.1. The molecule has 0 bridgehead atoms. The van der Waals surface area contributed by atoms with Gasteiger partial charge in [0.2, 0.25) is 10.0 Å². The SMILES string of the molecule is O=S(=O)(NCc1ccncc1)c1ccc(-c2ccncc2)cc1. The van der Waals surface area contributed by atoms with E-state index < -0.39 is 10.0 Å². The molecule has 116 valence electrons. The van der Waals surface area contributed by atoms with Crippen LogP contribution < -0.4 is 4.72 Å². The van der Waals surface area contributed by atoms with Crippen molar-refractivity contribution in [1.82, 2.24) is 14.7 Å². The summed E-state index contributed by atoms with van der Waals surface area (Å²) in [6, 6.07) is 14.1. The van der Waals surface area contributed by atoms with Crippen molar-refractivity contribution in [3.8, 4) is 11.1 Å². The van der Waals surface area contributed by atoms with E-state index in [0.717, 1.165) is 16.7 Å². The Labute approximate surface area is 135 Å². The summed E-state index contributed by atoms with van der Waals surface area (Å²) in [7, 11) is -3.54. The fourth-order valence-corrected chi connectivity index (χ4v) is 3.15. The van der Waals surface area contributed by atoms with Crippen molar-refractivity contribution in [2.24, 2.45) is 0 Å². The first-order valence-electron chi connectivity index (χ1n) is 7.04. The zero-order valence-corrected chi connectivity index (χ0v) is 13.1. The van der Waals surface area contributed by atoms with Crippen LogP contribution in [0, 0.1) is 0 Å². The molecule has 5 nitrogen and oxygen atoms in total. The fraction of sp³-hybridized carbons (Fsp3) is 0.0588. The van der Waals surface area contributed by atoms with Crippen LogP contribution in [0.3, 0.4) is 0 Å². The number of rotatable bonds is 5. The number of hydrogen-bond acceptors (Lipinski definition) is 4. The van der Waals surface area contributed by atoms with E-state index in [1.54, 1.807) is 61.2 Å². The van der Waals surface area contributed by atoms with Crippen molar-refractivity contribution in [3.05, 3.63) is 78.9 Å². The van der Waals surface area contributed by atoms with Crippen LogP contribution in [0.2, 0.25) is 0 Å². The third-order valence-corrected chi connectivity index (χ3v) is 4.81. The molecule has 0 unspecified atom stereocenters. The van der Waals surface area contributed by atoms with Gasteiger partial charge in [-0.25, -0.2) is 13.1 Å². The van der Waals surface area contributed by atoms with E-state index in [2.05, 4.69) is 14.7 Å². The molecule has 0 amide bonds. The number of aromatic nitrogens is 2. The Kier molecular flexibility index (Phi) is 4.45. The van der Waals surface area contributed by atoms with E-state index in [1.165, 1.54) is 0 Å². The molecular weight excluding hydrogens is 310 g/mol. The van der Waals surface area contributed by atoms with Gasteiger partial charge in [0.15, 0.2) is 0 Å². The minimum Gasteiger partial charge on any atom is -0.265 e. The highest BCUT2D eigenvalue weighted by molar-refractivity contribution is 7.89. The van der Waals surface area contributed by atoms with E-state index >= 15 is 0 Å². The predicted molar refractivity (Wildman–Crippen MR) is 87.9 cm³/mol. The van der Waals surface area contributed by atoms with Crippen LogP contribution in [0.25, 0.3) is 11.1 Å². The molecule has 2 heterocycles. The monoisotopic (exact) mass is 325 g/mol. The molecule has 3 aromatic rings. The normalized spacial score (nSPS) is 11.3. The Morgan fingerprint density at radius 3 is 1.87 bits per heavy atom. The Morgan fingerprint density at radius 1 is 0.739 bits per heavy atom. The maximum absolute atomic E-state index is 12.3. The van der Waals surface area contributed by atoms with Crippen LogP contribution in [0.5, 0.6) is 0 Å². The topological polar surface area (TPSA) is 72.0 Å². The summed E-state index contributed by atoms with van der Waals surface area (Å²) in [6.07, 6.45) is 6.67. The molecule has 6 heteroatoms. The predicted octanol–water partition coefficient (Wildman–Crippen LogP) is 2.62. The van der Waals surface area contributed by atoms with Gasteiger partial charge in [-0.1, -0.05) is 12.1 Å². The van der Waals surface area contributed by atoms with Gasteiger partial charge in [0.1, 0.15) is 0 Å². The molecule has 3 rings (SSSR count). The molecule has 1 N–H and O–H groups in total. The Hall–Kier alpha value is -2.57. The summed E-state index contributed by atoms with van der Waals surface area (Å²) in [6.45, 7) is 0.233. The lowest BCUT2D eigenvalue weighted by Crippen LogP contribution is -2.23. The highest BCUT2D eigenvalue weighted by Gasteiger charge is 2.13. The Balaban J connectivity index is 1.75. The van der Waals surface area contributed by atoms with Crippen LogP contribution in [-0.4, -0.2) is 18.4 Å². The highest BCUT2D eigenvalue weighted by atomic mass is 32.2. The molecule has 0 radical (unpaired) electrons. The largest absolute Gasteiger partial charge is 0.265 e. The number of benzene rings is 1. The number of nitrogens with zero attached hydrogens (tertiary/aromatic N) is 2. The molecule has 0 saturated heterocycles. The lowest BCUT2D eigenvalue weighted by molar-refractivity contribution is 0.581. The van der Waals surface area contributed by atoms with Gasteiger partial charge in [0.25, 0.3) is 0 Å². The second-order valence-electron chi connectivity index (χ2n) is 4.94. The number of nitrogens with one attached hydrogen (secondary N) is 1. The lowest BCUT2D eigenvalue weighted by Gasteiger charge is -2.08. The van der Waals surface area contributed by atoms with Crippen molar-refractivity contribution in [2.75, 3.05) is 0 Å². The van der Waals surface area contributed by atoms with Crippen molar-refractivity contribution in [2.45, 2.75) is 11.4 Å². The summed E-state index contributed by atoms with van der Waals surface area (Å²) < 4.78 is 27.2. The van der Waals surface area contributed by atoms with Crippen LogP contribution in [0.15, 0.2) is 78.2 Å². The summed E-state index contributed by atoms with van der Waals surface area (Å²) in [5.74, 6) is 0. The molecule has 1 aromatic carbocycles. The molecule has 23 heavy (non-hydrogen) atoms. The van der Waals surface area contributed by atoms with Gasteiger partial charge >= 0.3 is 0 Å². The fourth-order valence-electron chi connectivity index (χ4n) is 2.13. The molecule has 0 atom stereocenters. The highest BCUT2D eigenvalue weighted by Crippen LogP contribution is 2.20. The smallest absolute Gasteiger partial charge is 0.240 e. The molecule has 0 saturated carbocycles. The van der Waals surface area contributed by atoms with E-state index in [9.17, 15) is 8.42 Å². The summed E-state index contributed by atoms with van der Waals surface area (Å²) in [4.78, 5) is 8.12. The average molecular weight is 325 g/mol. The van der Waals surface area contributed by atoms with Crippen LogP contribution >= 0.6 is 0 Å². The van der Waals surface area contributed by atoms with Gasteiger partial charge in [-0.05, 0) is 53.1 Å². The molecule has 0 aliphatic heterocycles. The van der Waals surface area contributed by atoms with E-state index in [4.69, 9.17) is 0 Å². The first-order valence-corrected chi connectivity index (χ1v) is 8.52. The van der Waals surface area contributed by atoms with E-state index in [-0.39, 0.29) is 11.4 Å². The average Bonchev–Trinajstić information content (AvgIpc) is 2.62. The second kappa shape index (κ2) is 6.68. The van der Waals surface area contributed by atoms with Crippen LogP contribution in [0.4, 0.5) is 0 Å². The third kappa shape index (κ3) is 3.80. The second-order valence-corrected chi connectivity index (χ2v) is 6.71. The maximum atomic E-state index is 12.3. The lowest BCUT2D eigenvalue weighted by atomic mass is 10.1. The summed E-state index contributed by atoms with van der Waals surface area (Å²) in [5, 5.41) is 0.